The normalized spacial score (nSPS) is 14.8. The average Bonchev–Trinajstić information content (AvgIpc) is 3.28. The number of nitrogens with one attached hydrogen (secondary N) is 1. The molecule has 1 N–H and O–H groups in total. The van der Waals surface area contributed by atoms with Crippen molar-refractivity contribution >= 4 is 33.5 Å². The van der Waals surface area contributed by atoms with Gasteiger partial charge in [0.1, 0.15) is 17.3 Å². The second-order valence-corrected chi connectivity index (χ2v) is 7.28. The molecule has 1 aromatic carbocycles. The molecule has 1 saturated heterocycles. The monoisotopic (exact) mass is 370 g/mol. The summed E-state index contributed by atoms with van der Waals surface area (Å²) in [7, 11) is 0. The van der Waals surface area contributed by atoms with Crippen molar-refractivity contribution in [2.45, 2.75) is 13.3 Å². The van der Waals surface area contributed by atoms with E-state index in [1.807, 2.05) is 36.1 Å². The van der Waals surface area contributed by atoms with E-state index in [1.54, 1.807) is 0 Å². The third-order valence-electron chi connectivity index (χ3n) is 4.67. The number of amides is 2. The van der Waals surface area contributed by atoms with Crippen LogP contribution >= 0.6 is 11.5 Å². The Labute approximate surface area is 156 Å². The molecule has 1 aliphatic rings. The summed E-state index contributed by atoms with van der Waals surface area (Å²) < 4.78 is 11.3. The molecule has 0 aliphatic carbocycles. The molecule has 1 fully saturated rings. The zero-order valence-electron chi connectivity index (χ0n) is 14.8. The van der Waals surface area contributed by atoms with E-state index in [0.29, 0.717) is 26.1 Å². The molecule has 1 aliphatic heterocycles. The summed E-state index contributed by atoms with van der Waals surface area (Å²) in [4.78, 5) is 16.5. The van der Waals surface area contributed by atoms with Crippen LogP contribution in [0, 0.1) is 6.92 Å². The summed E-state index contributed by atoms with van der Waals surface area (Å²) in [5.74, 6) is 2.85. The number of urea groups is 1. The van der Waals surface area contributed by atoms with Gasteiger partial charge in [0.2, 0.25) is 0 Å². The van der Waals surface area contributed by atoms with E-state index in [9.17, 15) is 4.79 Å². The van der Waals surface area contributed by atoms with Crippen LogP contribution in [0.2, 0.25) is 0 Å². The van der Waals surface area contributed by atoms with Crippen molar-refractivity contribution in [2.24, 2.45) is 0 Å². The first-order chi connectivity index (χ1) is 12.7. The smallest absolute Gasteiger partial charge is 0.317 e. The number of hydrogen-bond donors (Lipinski definition) is 1. The Balaban J connectivity index is 1.28. The highest BCUT2D eigenvalue weighted by atomic mass is 32.1. The summed E-state index contributed by atoms with van der Waals surface area (Å²) in [5.41, 5.74) is 0. The minimum absolute atomic E-state index is 0.00364. The summed E-state index contributed by atoms with van der Waals surface area (Å²) >= 11 is 1.53. The minimum atomic E-state index is -0.00364. The first-order valence-electron chi connectivity index (χ1n) is 8.88. The molecule has 26 heavy (non-hydrogen) atoms. The van der Waals surface area contributed by atoms with Crippen molar-refractivity contribution < 1.29 is 9.21 Å². The van der Waals surface area contributed by atoms with Crippen molar-refractivity contribution in [1.82, 2.24) is 14.6 Å². The van der Waals surface area contributed by atoms with Gasteiger partial charge >= 0.3 is 6.03 Å². The van der Waals surface area contributed by atoms with Crippen LogP contribution in [-0.4, -0.2) is 48.0 Å². The van der Waals surface area contributed by atoms with E-state index in [2.05, 4.69) is 26.7 Å². The van der Waals surface area contributed by atoms with Gasteiger partial charge in [0.25, 0.3) is 0 Å². The van der Waals surface area contributed by atoms with Crippen molar-refractivity contribution in [3.8, 4) is 0 Å². The maximum absolute atomic E-state index is 12.4. The van der Waals surface area contributed by atoms with Crippen LogP contribution in [0.4, 0.5) is 10.6 Å². The van der Waals surface area contributed by atoms with Gasteiger partial charge in [0, 0.05) is 44.5 Å². The number of fused-ring (bicyclic) bond motifs is 1. The van der Waals surface area contributed by atoms with Crippen LogP contribution in [0.5, 0.6) is 0 Å². The number of rotatable bonds is 4. The van der Waals surface area contributed by atoms with Crippen LogP contribution in [0.25, 0.3) is 10.1 Å². The van der Waals surface area contributed by atoms with Gasteiger partial charge in [0.15, 0.2) is 0 Å². The number of aryl methyl sites for hydroxylation is 1. The summed E-state index contributed by atoms with van der Waals surface area (Å²) in [6.45, 7) is 5.53. The number of piperazine rings is 1. The van der Waals surface area contributed by atoms with Crippen LogP contribution in [-0.2, 0) is 6.42 Å². The van der Waals surface area contributed by atoms with Crippen LogP contribution < -0.4 is 10.2 Å². The van der Waals surface area contributed by atoms with Gasteiger partial charge in [-0.2, -0.15) is 4.37 Å². The lowest BCUT2D eigenvalue weighted by Crippen LogP contribution is -2.52. The van der Waals surface area contributed by atoms with E-state index in [1.165, 1.54) is 21.6 Å². The maximum atomic E-state index is 12.4. The summed E-state index contributed by atoms with van der Waals surface area (Å²) in [6, 6.07) is 12.2. The zero-order chi connectivity index (χ0) is 17.9. The number of carbonyl (C=O) groups excluding carboxylic acids is 1. The predicted molar refractivity (Wildman–Crippen MR) is 104 cm³/mol. The molecule has 4 rings (SSSR count). The minimum Gasteiger partial charge on any atom is -0.466 e. The molecule has 2 amide bonds. The highest BCUT2D eigenvalue weighted by Crippen LogP contribution is 2.29. The molecule has 3 heterocycles. The van der Waals surface area contributed by atoms with Crippen LogP contribution in [0.1, 0.15) is 11.5 Å². The molecule has 0 spiro atoms. The highest BCUT2D eigenvalue weighted by molar-refractivity contribution is 7.13. The Morgan fingerprint density at radius 2 is 2.00 bits per heavy atom. The Bertz CT molecular complexity index is 896. The Kier molecular flexibility index (Phi) is 4.79. The number of furan rings is 1. The van der Waals surface area contributed by atoms with Crippen molar-refractivity contribution in [3.05, 3.63) is 47.9 Å². The number of hydrogen-bond acceptors (Lipinski definition) is 5. The van der Waals surface area contributed by atoms with Crippen LogP contribution in [0.3, 0.4) is 0 Å². The summed E-state index contributed by atoms with van der Waals surface area (Å²) in [5, 5.41) is 4.18. The van der Waals surface area contributed by atoms with Crippen molar-refractivity contribution in [1.29, 1.82) is 0 Å². The molecule has 0 bridgehead atoms. The second-order valence-electron chi connectivity index (χ2n) is 6.47. The van der Waals surface area contributed by atoms with E-state index in [0.717, 1.165) is 30.4 Å². The fraction of sp³-hybridized carbons (Fsp3) is 0.368. The lowest BCUT2D eigenvalue weighted by Gasteiger charge is -2.35. The molecule has 0 unspecified atom stereocenters. The van der Waals surface area contributed by atoms with Gasteiger partial charge in [-0.1, -0.05) is 12.1 Å². The lowest BCUT2D eigenvalue weighted by molar-refractivity contribution is 0.194. The molecule has 7 heteroatoms. The molecule has 6 nitrogen and oxygen atoms in total. The predicted octanol–water partition coefficient (Wildman–Crippen LogP) is 3.27. The Hall–Kier alpha value is -2.54. The lowest BCUT2D eigenvalue weighted by atomic mass is 10.2. The molecule has 3 aromatic rings. The fourth-order valence-corrected chi connectivity index (χ4v) is 4.04. The first kappa shape index (κ1) is 16.9. The standard InChI is InChI=1S/C19H22N4O2S/c1-14-6-7-15(25-14)8-9-20-19(24)23-12-10-22(11-13-23)18-16-4-2-3-5-17(16)26-21-18/h2-7H,8-13H2,1H3,(H,20,24). The molecule has 0 radical (unpaired) electrons. The highest BCUT2D eigenvalue weighted by Gasteiger charge is 2.23. The first-order valence-corrected chi connectivity index (χ1v) is 9.65. The van der Waals surface area contributed by atoms with Crippen molar-refractivity contribution in [3.63, 3.8) is 0 Å². The van der Waals surface area contributed by atoms with Gasteiger partial charge in [-0.15, -0.1) is 0 Å². The third-order valence-corrected chi connectivity index (χ3v) is 5.49. The van der Waals surface area contributed by atoms with Gasteiger partial charge < -0.3 is 19.5 Å². The van der Waals surface area contributed by atoms with Gasteiger partial charge in [-0.3, -0.25) is 0 Å². The van der Waals surface area contributed by atoms with E-state index in [4.69, 9.17) is 4.42 Å². The fourth-order valence-electron chi connectivity index (χ4n) is 3.25. The molecule has 2 aromatic heterocycles. The van der Waals surface area contributed by atoms with E-state index < -0.39 is 0 Å². The summed E-state index contributed by atoms with van der Waals surface area (Å²) in [6.07, 6.45) is 0.713. The zero-order valence-corrected chi connectivity index (χ0v) is 15.6. The molecular formula is C19H22N4O2S. The molecule has 0 saturated carbocycles. The SMILES string of the molecule is Cc1ccc(CCNC(=O)N2CCN(c3nsc4ccccc34)CC2)o1. The number of nitrogens with zero attached hydrogens (tertiary/aromatic N) is 3. The van der Waals surface area contributed by atoms with Crippen molar-refractivity contribution in [2.75, 3.05) is 37.6 Å². The Morgan fingerprint density at radius 3 is 2.77 bits per heavy atom. The molecule has 136 valence electrons. The van der Waals surface area contributed by atoms with Gasteiger partial charge in [-0.05, 0) is 42.7 Å². The molecular weight excluding hydrogens is 348 g/mol. The average molecular weight is 370 g/mol. The number of aromatic nitrogens is 1. The third kappa shape index (κ3) is 3.53. The largest absolute Gasteiger partial charge is 0.466 e. The van der Waals surface area contributed by atoms with E-state index in [-0.39, 0.29) is 6.03 Å². The number of anilines is 1. The van der Waals surface area contributed by atoms with Gasteiger partial charge in [-0.25, -0.2) is 4.79 Å². The topological polar surface area (TPSA) is 61.6 Å². The number of carbonyl (C=O) groups is 1. The maximum Gasteiger partial charge on any atom is 0.317 e. The van der Waals surface area contributed by atoms with E-state index >= 15 is 0 Å². The number of benzene rings is 1. The Morgan fingerprint density at radius 1 is 1.19 bits per heavy atom. The van der Waals surface area contributed by atoms with Crippen LogP contribution in [0.15, 0.2) is 40.8 Å². The quantitative estimate of drug-likeness (QED) is 0.766. The molecule has 0 atom stereocenters. The van der Waals surface area contributed by atoms with Gasteiger partial charge in [0.05, 0.1) is 4.70 Å². The second kappa shape index (κ2) is 7.37.